The molecular formula is C14H23N3O2. The molecule has 1 aromatic rings. The van der Waals surface area contributed by atoms with Crippen molar-refractivity contribution in [3.05, 3.63) is 29.3 Å². The van der Waals surface area contributed by atoms with Crippen molar-refractivity contribution in [1.82, 2.24) is 4.90 Å². The van der Waals surface area contributed by atoms with Crippen molar-refractivity contribution < 1.29 is 9.47 Å². The number of hydrogen-bond acceptors (Lipinski definition) is 4. The lowest BCUT2D eigenvalue weighted by Gasteiger charge is -2.17. The number of nitrogen functional groups attached to an aromatic ring is 1. The van der Waals surface area contributed by atoms with Crippen LogP contribution in [0.1, 0.15) is 17.5 Å². The second kappa shape index (κ2) is 7.76. The zero-order valence-corrected chi connectivity index (χ0v) is 11.9. The summed E-state index contributed by atoms with van der Waals surface area (Å²) in [5.74, 6) is 0.673. The Morgan fingerprint density at radius 3 is 2.68 bits per heavy atom. The van der Waals surface area contributed by atoms with E-state index in [1.165, 1.54) is 0 Å². The lowest BCUT2D eigenvalue weighted by atomic mass is 10.1. The third-order valence-electron chi connectivity index (χ3n) is 2.90. The normalized spacial score (nSPS) is 10.7. The van der Waals surface area contributed by atoms with Gasteiger partial charge in [-0.2, -0.15) is 0 Å². The Morgan fingerprint density at radius 2 is 2.11 bits per heavy atom. The van der Waals surface area contributed by atoms with Crippen LogP contribution in [0.2, 0.25) is 0 Å². The Balaban J connectivity index is 2.66. The lowest BCUT2D eigenvalue weighted by molar-refractivity contribution is 0.178. The molecule has 106 valence electrons. The number of hydrogen-bond donors (Lipinski definition) is 2. The van der Waals surface area contributed by atoms with Gasteiger partial charge in [-0.05, 0) is 31.2 Å². The molecule has 0 spiro atoms. The second-order valence-electron chi connectivity index (χ2n) is 4.53. The molecule has 5 nitrogen and oxygen atoms in total. The molecule has 0 fully saturated rings. The molecule has 0 aliphatic rings. The van der Waals surface area contributed by atoms with Crippen LogP contribution in [0.15, 0.2) is 18.2 Å². The molecule has 0 amide bonds. The van der Waals surface area contributed by atoms with E-state index in [2.05, 4.69) is 11.9 Å². The molecule has 0 saturated carbocycles. The number of nitrogens with one attached hydrogen (secondary N) is 1. The highest BCUT2D eigenvalue weighted by Gasteiger charge is 2.08. The number of ether oxygens (including phenoxy) is 2. The van der Waals surface area contributed by atoms with Gasteiger partial charge in [-0.3, -0.25) is 5.41 Å². The predicted molar refractivity (Wildman–Crippen MR) is 76.8 cm³/mol. The summed E-state index contributed by atoms with van der Waals surface area (Å²) < 4.78 is 10.3. The summed E-state index contributed by atoms with van der Waals surface area (Å²) in [4.78, 5) is 2.22. The summed E-state index contributed by atoms with van der Waals surface area (Å²) in [5.41, 5.74) is 7.27. The van der Waals surface area contributed by atoms with Gasteiger partial charge in [-0.1, -0.05) is 6.07 Å². The fourth-order valence-electron chi connectivity index (χ4n) is 1.93. The average Bonchev–Trinajstić information content (AvgIpc) is 2.38. The number of methoxy groups -OCH3 is 2. The average molecular weight is 265 g/mol. The van der Waals surface area contributed by atoms with E-state index in [9.17, 15) is 0 Å². The first-order chi connectivity index (χ1) is 9.08. The molecule has 0 atom stereocenters. The van der Waals surface area contributed by atoms with E-state index < -0.39 is 0 Å². The van der Waals surface area contributed by atoms with Gasteiger partial charge in [-0.15, -0.1) is 0 Å². The minimum Gasteiger partial charge on any atom is -0.496 e. The fourth-order valence-corrected chi connectivity index (χ4v) is 1.93. The van der Waals surface area contributed by atoms with E-state index in [-0.39, 0.29) is 5.84 Å². The minimum atomic E-state index is 0.0249. The quantitative estimate of drug-likeness (QED) is 0.424. The highest BCUT2D eigenvalue weighted by atomic mass is 16.5. The van der Waals surface area contributed by atoms with E-state index in [0.29, 0.717) is 11.3 Å². The largest absolute Gasteiger partial charge is 0.496 e. The van der Waals surface area contributed by atoms with Gasteiger partial charge in [0, 0.05) is 26.8 Å². The summed E-state index contributed by atoms with van der Waals surface area (Å²) in [7, 11) is 5.38. The van der Waals surface area contributed by atoms with Crippen molar-refractivity contribution in [2.24, 2.45) is 5.73 Å². The highest BCUT2D eigenvalue weighted by Crippen LogP contribution is 2.20. The molecule has 0 saturated heterocycles. The van der Waals surface area contributed by atoms with Crippen molar-refractivity contribution in [2.45, 2.75) is 13.0 Å². The Hall–Kier alpha value is -1.59. The molecule has 19 heavy (non-hydrogen) atoms. The maximum atomic E-state index is 7.48. The van der Waals surface area contributed by atoms with Gasteiger partial charge in [0.05, 0.1) is 12.7 Å². The van der Waals surface area contributed by atoms with Gasteiger partial charge in [0.2, 0.25) is 0 Å². The molecule has 0 radical (unpaired) electrons. The van der Waals surface area contributed by atoms with Crippen LogP contribution in [0.5, 0.6) is 5.75 Å². The monoisotopic (exact) mass is 265 g/mol. The lowest BCUT2D eigenvalue weighted by Crippen LogP contribution is -2.20. The standard InChI is InChI=1S/C14H23N3O2/c1-17(7-4-8-18-2)10-11-5-6-12(14(15)16)13(9-11)19-3/h5-6,9H,4,7-8,10H2,1-3H3,(H3,15,16). The Bertz CT molecular complexity index is 421. The van der Waals surface area contributed by atoms with Crippen molar-refractivity contribution in [1.29, 1.82) is 5.41 Å². The van der Waals surface area contributed by atoms with Crippen LogP contribution in [-0.2, 0) is 11.3 Å². The molecule has 0 aromatic heterocycles. The molecule has 0 aliphatic carbocycles. The fraction of sp³-hybridized carbons (Fsp3) is 0.500. The number of nitrogens with zero attached hydrogens (tertiary/aromatic N) is 1. The molecule has 1 aromatic carbocycles. The maximum absolute atomic E-state index is 7.48. The number of nitrogens with two attached hydrogens (primary N) is 1. The van der Waals surface area contributed by atoms with Crippen molar-refractivity contribution in [3.8, 4) is 5.75 Å². The molecule has 3 N–H and O–H groups in total. The van der Waals surface area contributed by atoms with Gasteiger partial charge >= 0.3 is 0 Å². The van der Waals surface area contributed by atoms with Crippen LogP contribution in [-0.4, -0.2) is 45.2 Å². The predicted octanol–water partition coefficient (Wildman–Crippen LogP) is 1.45. The van der Waals surface area contributed by atoms with Crippen LogP contribution < -0.4 is 10.5 Å². The van der Waals surface area contributed by atoms with Gasteiger partial charge in [-0.25, -0.2) is 0 Å². The molecule has 0 bridgehead atoms. The number of benzene rings is 1. The van der Waals surface area contributed by atoms with Crippen molar-refractivity contribution >= 4 is 5.84 Å². The van der Waals surface area contributed by atoms with E-state index >= 15 is 0 Å². The van der Waals surface area contributed by atoms with Crippen LogP contribution >= 0.6 is 0 Å². The van der Waals surface area contributed by atoms with Crippen molar-refractivity contribution in [2.75, 3.05) is 34.4 Å². The molecule has 5 heteroatoms. The zero-order chi connectivity index (χ0) is 14.3. The Labute approximate surface area is 114 Å². The number of rotatable bonds is 8. The van der Waals surface area contributed by atoms with Crippen LogP contribution in [0.4, 0.5) is 0 Å². The molecule has 0 unspecified atom stereocenters. The second-order valence-corrected chi connectivity index (χ2v) is 4.53. The summed E-state index contributed by atoms with van der Waals surface area (Å²) in [6.45, 7) is 2.58. The minimum absolute atomic E-state index is 0.0249. The Morgan fingerprint density at radius 1 is 1.37 bits per heavy atom. The SMILES string of the molecule is COCCCN(C)Cc1ccc(C(=N)N)c(OC)c1. The summed E-state index contributed by atoms with van der Waals surface area (Å²) in [6, 6.07) is 5.75. The van der Waals surface area contributed by atoms with Crippen LogP contribution in [0.25, 0.3) is 0 Å². The summed E-state index contributed by atoms with van der Waals surface area (Å²) >= 11 is 0. The maximum Gasteiger partial charge on any atom is 0.130 e. The Kier molecular flexibility index (Phi) is 6.32. The first-order valence-corrected chi connectivity index (χ1v) is 6.27. The van der Waals surface area contributed by atoms with Crippen molar-refractivity contribution in [3.63, 3.8) is 0 Å². The first kappa shape index (κ1) is 15.5. The summed E-state index contributed by atoms with van der Waals surface area (Å²) in [5, 5.41) is 7.48. The topological polar surface area (TPSA) is 71.6 Å². The van der Waals surface area contributed by atoms with E-state index in [1.807, 2.05) is 18.2 Å². The van der Waals surface area contributed by atoms with E-state index in [1.54, 1.807) is 14.2 Å². The number of amidine groups is 1. The molecular weight excluding hydrogens is 242 g/mol. The third-order valence-corrected chi connectivity index (χ3v) is 2.90. The summed E-state index contributed by atoms with van der Waals surface area (Å²) in [6.07, 6.45) is 1.01. The molecule has 0 aliphatic heterocycles. The van der Waals surface area contributed by atoms with Gasteiger partial charge in [0.15, 0.2) is 0 Å². The smallest absolute Gasteiger partial charge is 0.130 e. The zero-order valence-electron chi connectivity index (χ0n) is 11.9. The van der Waals surface area contributed by atoms with Crippen LogP contribution in [0.3, 0.4) is 0 Å². The van der Waals surface area contributed by atoms with Gasteiger partial charge in [0.1, 0.15) is 11.6 Å². The first-order valence-electron chi connectivity index (χ1n) is 6.27. The van der Waals surface area contributed by atoms with Crippen LogP contribution in [0, 0.1) is 5.41 Å². The van der Waals surface area contributed by atoms with E-state index in [0.717, 1.165) is 31.7 Å². The molecule has 0 heterocycles. The van der Waals surface area contributed by atoms with E-state index in [4.69, 9.17) is 20.6 Å². The highest BCUT2D eigenvalue weighted by molar-refractivity contribution is 5.97. The molecule has 1 rings (SSSR count). The third kappa shape index (κ3) is 4.89. The van der Waals surface area contributed by atoms with Gasteiger partial charge in [0.25, 0.3) is 0 Å². The van der Waals surface area contributed by atoms with Gasteiger partial charge < -0.3 is 20.1 Å².